The van der Waals surface area contributed by atoms with Gasteiger partial charge in [-0.15, -0.1) is 0 Å². The summed E-state index contributed by atoms with van der Waals surface area (Å²) in [5.74, 6) is -0.188. The van der Waals surface area contributed by atoms with Crippen molar-refractivity contribution in [1.82, 2.24) is 5.32 Å². The fraction of sp³-hybridized carbons (Fsp3) is 0.929. The van der Waals surface area contributed by atoms with Crippen molar-refractivity contribution in [3.05, 3.63) is 0 Å². The molecule has 2 rings (SSSR count). The average Bonchev–Trinajstić information content (AvgIpc) is 2.87. The lowest BCUT2D eigenvalue weighted by molar-refractivity contribution is -0.159. The van der Waals surface area contributed by atoms with E-state index in [9.17, 15) is 4.79 Å². The van der Waals surface area contributed by atoms with E-state index in [2.05, 4.69) is 5.32 Å². The molecule has 0 aromatic rings. The Morgan fingerprint density at radius 1 is 1.37 bits per heavy atom. The fourth-order valence-corrected chi connectivity index (χ4v) is 3.25. The van der Waals surface area contributed by atoms with E-state index in [0.717, 1.165) is 19.4 Å². The summed E-state index contributed by atoms with van der Waals surface area (Å²) in [6.45, 7) is 5.53. The molecule has 0 amide bonds. The fourth-order valence-electron chi connectivity index (χ4n) is 3.25. The molecule has 19 heavy (non-hydrogen) atoms. The molecule has 1 N–H and O–H groups in total. The van der Waals surface area contributed by atoms with Crippen molar-refractivity contribution in [2.75, 3.05) is 20.3 Å². The molecule has 0 radical (unpaired) electrons. The normalized spacial score (nSPS) is 39.2. The van der Waals surface area contributed by atoms with Gasteiger partial charge < -0.3 is 14.2 Å². The third-order valence-electron chi connectivity index (χ3n) is 4.00. The van der Waals surface area contributed by atoms with E-state index in [1.807, 2.05) is 13.8 Å². The Morgan fingerprint density at radius 2 is 2.05 bits per heavy atom. The molecule has 2 heterocycles. The number of methoxy groups -OCH3 is 1. The maximum Gasteiger partial charge on any atom is 0.326 e. The van der Waals surface area contributed by atoms with E-state index in [0.29, 0.717) is 19.4 Å². The number of esters is 1. The zero-order valence-electron chi connectivity index (χ0n) is 12.1. The topological polar surface area (TPSA) is 56.8 Å². The second-order valence-electron chi connectivity index (χ2n) is 5.76. The lowest BCUT2D eigenvalue weighted by Gasteiger charge is -2.41. The first-order chi connectivity index (χ1) is 9.05. The van der Waals surface area contributed by atoms with Crippen molar-refractivity contribution in [3.63, 3.8) is 0 Å². The number of nitrogens with one attached hydrogen (secondary N) is 1. The number of ether oxygens (including phenoxy) is 3. The minimum absolute atomic E-state index is 0.0554. The highest BCUT2D eigenvalue weighted by atomic mass is 16.5. The van der Waals surface area contributed by atoms with Crippen LogP contribution in [-0.2, 0) is 19.0 Å². The molecular weight excluding hydrogens is 246 g/mol. The molecule has 5 heteroatoms. The van der Waals surface area contributed by atoms with Gasteiger partial charge in [-0.05, 0) is 26.7 Å². The van der Waals surface area contributed by atoms with Crippen molar-refractivity contribution < 1.29 is 19.0 Å². The molecule has 0 spiro atoms. The summed E-state index contributed by atoms with van der Waals surface area (Å²) >= 11 is 0. The highest BCUT2D eigenvalue weighted by Gasteiger charge is 2.45. The minimum Gasteiger partial charge on any atom is -0.468 e. The van der Waals surface area contributed by atoms with Gasteiger partial charge in [-0.1, -0.05) is 0 Å². The number of hydrogen-bond donors (Lipinski definition) is 1. The van der Waals surface area contributed by atoms with Gasteiger partial charge in [0.25, 0.3) is 0 Å². The summed E-state index contributed by atoms with van der Waals surface area (Å²) in [5.41, 5.74) is -0.627. The molecule has 0 aliphatic carbocycles. The monoisotopic (exact) mass is 271 g/mol. The quantitative estimate of drug-likeness (QED) is 0.780. The third kappa shape index (κ3) is 3.46. The van der Waals surface area contributed by atoms with Gasteiger partial charge in [0, 0.05) is 26.0 Å². The van der Waals surface area contributed by atoms with E-state index in [4.69, 9.17) is 14.2 Å². The predicted molar refractivity (Wildman–Crippen MR) is 71.0 cm³/mol. The van der Waals surface area contributed by atoms with Crippen molar-refractivity contribution in [3.8, 4) is 0 Å². The van der Waals surface area contributed by atoms with E-state index in [1.54, 1.807) is 0 Å². The van der Waals surface area contributed by atoms with Crippen LogP contribution < -0.4 is 5.32 Å². The van der Waals surface area contributed by atoms with Gasteiger partial charge in [-0.3, -0.25) is 10.1 Å². The molecule has 2 saturated heterocycles. The van der Waals surface area contributed by atoms with Crippen LogP contribution in [0.15, 0.2) is 0 Å². The van der Waals surface area contributed by atoms with Crippen LogP contribution in [0, 0.1) is 0 Å². The van der Waals surface area contributed by atoms with Crippen LogP contribution in [-0.4, -0.2) is 50.1 Å². The molecule has 0 aromatic heterocycles. The van der Waals surface area contributed by atoms with Crippen LogP contribution in [0.5, 0.6) is 0 Å². The lowest BCUT2D eigenvalue weighted by atomic mass is 9.84. The Balaban J connectivity index is 2.03. The Kier molecular flexibility index (Phi) is 4.81. The van der Waals surface area contributed by atoms with E-state index >= 15 is 0 Å². The Labute approximate surface area is 115 Å². The summed E-state index contributed by atoms with van der Waals surface area (Å²) in [6.07, 6.45) is 3.79. The summed E-state index contributed by atoms with van der Waals surface area (Å²) < 4.78 is 16.3. The third-order valence-corrected chi connectivity index (χ3v) is 4.00. The van der Waals surface area contributed by atoms with Gasteiger partial charge in [0.05, 0.1) is 25.4 Å². The molecule has 3 atom stereocenters. The van der Waals surface area contributed by atoms with Gasteiger partial charge >= 0.3 is 5.97 Å². The van der Waals surface area contributed by atoms with Gasteiger partial charge in [-0.25, -0.2) is 0 Å². The van der Waals surface area contributed by atoms with Gasteiger partial charge in [-0.2, -0.15) is 0 Å². The first-order valence-corrected chi connectivity index (χ1v) is 7.16. The molecule has 0 saturated carbocycles. The van der Waals surface area contributed by atoms with E-state index < -0.39 is 5.54 Å². The van der Waals surface area contributed by atoms with Crippen LogP contribution in [0.4, 0.5) is 0 Å². The molecule has 2 aliphatic rings. The first-order valence-electron chi connectivity index (χ1n) is 7.16. The van der Waals surface area contributed by atoms with Crippen LogP contribution in [0.2, 0.25) is 0 Å². The number of carbonyl (C=O) groups excluding carboxylic acids is 1. The summed E-state index contributed by atoms with van der Waals surface area (Å²) in [4.78, 5) is 12.2. The zero-order chi connectivity index (χ0) is 13.9. The first kappa shape index (κ1) is 14.8. The standard InChI is InChI=1S/C14H25NO4/c1-10-7-14(13(16)17-3,8-11(2)19-10)15-9-12-5-4-6-18-12/h10-12,15H,4-9H2,1-3H3. The number of hydrogen-bond acceptors (Lipinski definition) is 5. The zero-order valence-corrected chi connectivity index (χ0v) is 12.1. The van der Waals surface area contributed by atoms with E-state index in [1.165, 1.54) is 7.11 Å². The molecule has 3 unspecified atom stereocenters. The molecule has 2 fully saturated rings. The Bertz CT molecular complexity index is 305. The van der Waals surface area contributed by atoms with Crippen molar-refractivity contribution in [2.24, 2.45) is 0 Å². The average molecular weight is 271 g/mol. The van der Waals surface area contributed by atoms with Crippen molar-refractivity contribution >= 4 is 5.97 Å². The predicted octanol–water partition coefficient (Wildman–Crippen LogP) is 1.25. The summed E-state index contributed by atoms with van der Waals surface area (Å²) in [7, 11) is 1.45. The second kappa shape index (κ2) is 6.20. The second-order valence-corrected chi connectivity index (χ2v) is 5.76. The SMILES string of the molecule is COC(=O)C1(NCC2CCCO2)CC(C)OC(C)C1. The lowest BCUT2D eigenvalue weighted by Crippen LogP contribution is -2.60. The Morgan fingerprint density at radius 3 is 2.58 bits per heavy atom. The molecule has 0 bridgehead atoms. The smallest absolute Gasteiger partial charge is 0.326 e. The number of rotatable bonds is 4. The summed E-state index contributed by atoms with van der Waals surface area (Å²) in [5, 5.41) is 3.41. The maximum atomic E-state index is 12.2. The molecule has 2 aliphatic heterocycles. The van der Waals surface area contributed by atoms with Crippen LogP contribution >= 0.6 is 0 Å². The Hall–Kier alpha value is -0.650. The van der Waals surface area contributed by atoms with Crippen LogP contribution in [0.1, 0.15) is 39.5 Å². The number of carbonyl (C=O) groups is 1. The van der Waals surface area contributed by atoms with Crippen LogP contribution in [0.3, 0.4) is 0 Å². The van der Waals surface area contributed by atoms with E-state index in [-0.39, 0.29) is 24.3 Å². The van der Waals surface area contributed by atoms with Crippen LogP contribution in [0.25, 0.3) is 0 Å². The van der Waals surface area contributed by atoms with Crippen molar-refractivity contribution in [2.45, 2.75) is 63.4 Å². The molecular formula is C14H25NO4. The molecule has 110 valence electrons. The maximum absolute atomic E-state index is 12.2. The highest BCUT2D eigenvalue weighted by Crippen LogP contribution is 2.30. The largest absolute Gasteiger partial charge is 0.468 e. The van der Waals surface area contributed by atoms with Crippen molar-refractivity contribution in [1.29, 1.82) is 0 Å². The molecule has 5 nitrogen and oxygen atoms in total. The minimum atomic E-state index is -0.627. The molecule has 0 aromatic carbocycles. The van der Waals surface area contributed by atoms with Gasteiger partial charge in [0.15, 0.2) is 0 Å². The van der Waals surface area contributed by atoms with Gasteiger partial charge in [0.2, 0.25) is 0 Å². The van der Waals surface area contributed by atoms with Gasteiger partial charge in [0.1, 0.15) is 5.54 Å². The summed E-state index contributed by atoms with van der Waals surface area (Å²) in [6, 6.07) is 0. The highest BCUT2D eigenvalue weighted by molar-refractivity contribution is 5.81.